The standard InChI is InChI=1S/C24H18O5/c1-15-6-8-17(9-7-15)24(26)28-19-10-11-20-21(14-19)29-22(23(20)25)13-16-4-3-5-18(12-16)27-2/h3-14H,1-2H3. The maximum absolute atomic E-state index is 12.6. The van der Waals surface area contributed by atoms with Crippen LogP contribution in [0.25, 0.3) is 6.08 Å². The smallest absolute Gasteiger partial charge is 0.343 e. The number of esters is 1. The number of Topliss-reactive ketones (excluding diaryl/α,β-unsaturated/α-hetero) is 1. The first-order chi connectivity index (χ1) is 14.0. The molecule has 0 bridgehead atoms. The van der Waals surface area contributed by atoms with Gasteiger partial charge in [0, 0.05) is 6.07 Å². The Kier molecular flexibility index (Phi) is 4.87. The number of hydrogen-bond acceptors (Lipinski definition) is 5. The van der Waals surface area contributed by atoms with Gasteiger partial charge in [-0.05, 0) is 55.0 Å². The number of fused-ring (bicyclic) bond motifs is 1. The van der Waals surface area contributed by atoms with Crippen molar-refractivity contribution >= 4 is 17.8 Å². The molecule has 0 atom stereocenters. The number of ketones is 1. The van der Waals surface area contributed by atoms with Crippen LogP contribution in [0.2, 0.25) is 0 Å². The van der Waals surface area contributed by atoms with Crippen LogP contribution in [-0.2, 0) is 0 Å². The molecule has 1 heterocycles. The number of carbonyl (C=O) groups is 2. The molecular weight excluding hydrogens is 368 g/mol. The largest absolute Gasteiger partial charge is 0.497 e. The fourth-order valence-corrected chi connectivity index (χ4v) is 2.97. The number of allylic oxidation sites excluding steroid dienone is 1. The average Bonchev–Trinajstić information content (AvgIpc) is 3.03. The number of aryl methyl sites for hydroxylation is 1. The summed E-state index contributed by atoms with van der Waals surface area (Å²) < 4.78 is 16.3. The van der Waals surface area contributed by atoms with Crippen LogP contribution in [0.5, 0.6) is 17.2 Å². The SMILES string of the molecule is COc1cccc(C=C2Oc3cc(OC(=O)c4ccc(C)cc4)ccc3C2=O)c1. The molecule has 0 radical (unpaired) electrons. The van der Waals surface area contributed by atoms with Crippen molar-refractivity contribution in [2.45, 2.75) is 6.92 Å². The third-order valence-electron chi connectivity index (χ3n) is 4.53. The van der Waals surface area contributed by atoms with Crippen molar-refractivity contribution in [1.29, 1.82) is 0 Å². The summed E-state index contributed by atoms with van der Waals surface area (Å²) in [4.78, 5) is 24.9. The third-order valence-corrected chi connectivity index (χ3v) is 4.53. The Hall–Kier alpha value is -3.86. The lowest BCUT2D eigenvalue weighted by Gasteiger charge is -2.06. The van der Waals surface area contributed by atoms with Crippen LogP contribution in [0.3, 0.4) is 0 Å². The lowest BCUT2D eigenvalue weighted by molar-refractivity contribution is 0.0734. The lowest BCUT2D eigenvalue weighted by Crippen LogP contribution is -2.08. The first-order valence-electron chi connectivity index (χ1n) is 9.05. The molecule has 0 N–H and O–H groups in total. The van der Waals surface area contributed by atoms with Gasteiger partial charge in [0.1, 0.15) is 17.2 Å². The Morgan fingerprint density at radius 3 is 2.52 bits per heavy atom. The van der Waals surface area contributed by atoms with E-state index in [2.05, 4.69) is 0 Å². The summed E-state index contributed by atoms with van der Waals surface area (Å²) in [5.74, 6) is 0.867. The van der Waals surface area contributed by atoms with Gasteiger partial charge in [-0.25, -0.2) is 4.79 Å². The summed E-state index contributed by atoms with van der Waals surface area (Å²) in [7, 11) is 1.58. The van der Waals surface area contributed by atoms with E-state index >= 15 is 0 Å². The zero-order valence-corrected chi connectivity index (χ0v) is 16.0. The summed E-state index contributed by atoms with van der Waals surface area (Å²) in [6.07, 6.45) is 1.66. The molecule has 0 saturated carbocycles. The highest BCUT2D eigenvalue weighted by molar-refractivity contribution is 6.14. The number of carbonyl (C=O) groups excluding carboxylic acids is 2. The Bertz CT molecular complexity index is 1130. The second-order valence-electron chi connectivity index (χ2n) is 6.63. The highest BCUT2D eigenvalue weighted by Gasteiger charge is 2.28. The summed E-state index contributed by atoms with van der Waals surface area (Å²) >= 11 is 0. The average molecular weight is 386 g/mol. The van der Waals surface area contributed by atoms with E-state index in [4.69, 9.17) is 14.2 Å². The van der Waals surface area contributed by atoms with Gasteiger partial charge in [-0.1, -0.05) is 29.8 Å². The van der Waals surface area contributed by atoms with Crippen molar-refractivity contribution < 1.29 is 23.8 Å². The Morgan fingerprint density at radius 2 is 1.76 bits per heavy atom. The number of benzene rings is 3. The number of hydrogen-bond donors (Lipinski definition) is 0. The number of ether oxygens (including phenoxy) is 3. The van der Waals surface area contributed by atoms with E-state index in [1.54, 1.807) is 49.6 Å². The molecule has 0 aromatic heterocycles. The van der Waals surface area contributed by atoms with Crippen molar-refractivity contribution in [3.8, 4) is 17.2 Å². The third kappa shape index (κ3) is 3.89. The molecule has 0 saturated heterocycles. The van der Waals surface area contributed by atoms with Crippen LogP contribution < -0.4 is 14.2 Å². The second kappa shape index (κ2) is 7.64. The molecule has 1 aliphatic rings. The van der Waals surface area contributed by atoms with Crippen LogP contribution in [-0.4, -0.2) is 18.9 Å². The van der Waals surface area contributed by atoms with E-state index in [0.717, 1.165) is 11.1 Å². The first kappa shape index (κ1) is 18.5. The molecular formula is C24H18O5. The van der Waals surface area contributed by atoms with Crippen LogP contribution in [0.4, 0.5) is 0 Å². The summed E-state index contributed by atoms with van der Waals surface area (Å²) in [6.45, 7) is 1.95. The number of methoxy groups -OCH3 is 1. The normalized spacial score (nSPS) is 13.7. The minimum absolute atomic E-state index is 0.204. The van der Waals surface area contributed by atoms with E-state index in [0.29, 0.717) is 28.4 Å². The van der Waals surface area contributed by atoms with Crippen molar-refractivity contribution in [2.24, 2.45) is 0 Å². The van der Waals surface area contributed by atoms with E-state index < -0.39 is 5.97 Å². The fraction of sp³-hybridized carbons (Fsp3) is 0.0833. The molecule has 5 heteroatoms. The van der Waals surface area contributed by atoms with Gasteiger partial charge in [0.25, 0.3) is 0 Å². The van der Waals surface area contributed by atoms with Crippen molar-refractivity contribution in [3.05, 3.63) is 94.7 Å². The molecule has 0 aliphatic carbocycles. The maximum atomic E-state index is 12.6. The highest BCUT2D eigenvalue weighted by Crippen LogP contribution is 2.35. The van der Waals surface area contributed by atoms with Crippen molar-refractivity contribution in [3.63, 3.8) is 0 Å². The predicted octanol–water partition coefficient (Wildman–Crippen LogP) is 4.84. The zero-order chi connectivity index (χ0) is 20.4. The predicted molar refractivity (Wildman–Crippen MR) is 109 cm³/mol. The van der Waals surface area contributed by atoms with E-state index in [1.165, 1.54) is 0 Å². The monoisotopic (exact) mass is 386 g/mol. The van der Waals surface area contributed by atoms with E-state index in [9.17, 15) is 9.59 Å². The van der Waals surface area contributed by atoms with Gasteiger partial charge in [0.2, 0.25) is 5.78 Å². The van der Waals surface area contributed by atoms with Gasteiger partial charge in [0.15, 0.2) is 5.76 Å². The Morgan fingerprint density at radius 1 is 0.966 bits per heavy atom. The van der Waals surface area contributed by atoms with E-state index in [-0.39, 0.29) is 11.5 Å². The van der Waals surface area contributed by atoms with Crippen LogP contribution in [0.15, 0.2) is 72.5 Å². The zero-order valence-electron chi connectivity index (χ0n) is 16.0. The molecule has 5 nitrogen and oxygen atoms in total. The Labute approximate surface area is 168 Å². The summed E-state index contributed by atoms with van der Waals surface area (Å²) in [6, 6.07) is 19.1. The van der Waals surface area contributed by atoms with Crippen molar-refractivity contribution in [2.75, 3.05) is 7.11 Å². The molecule has 29 heavy (non-hydrogen) atoms. The molecule has 0 spiro atoms. The molecule has 3 aromatic carbocycles. The van der Waals surface area contributed by atoms with Gasteiger partial charge in [-0.15, -0.1) is 0 Å². The van der Waals surface area contributed by atoms with Crippen molar-refractivity contribution in [1.82, 2.24) is 0 Å². The molecule has 0 fully saturated rings. The topological polar surface area (TPSA) is 61.8 Å². The molecule has 0 unspecified atom stereocenters. The van der Waals surface area contributed by atoms with E-state index in [1.807, 2.05) is 37.3 Å². The molecule has 0 amide bonds. The van der Waals surface area contributed by atoms with Gasteiger partial charge in [-0.2, -0.15) is 0 Å². The fourth-order valence-electron chi connectivity index (χ4n) is 2.97. The minimum atomic E-state index is -0.471. The highest BCUT2D eigenvalue weighted by atomic mass is 16.5. The summed E-state index contributed by atoms with van der Waals surface area (Å²) in [5.41, 5.74) is 2.72. The van der Waals surface area contributed by atoms with Gasteiger partial charge < -0.3 is 14.2 Å². The van der Waals surface area contributed by atoms with Crippen LogP contribution in [0.1, 0.15) is 31.8 Å². The van der Waals surface area contributed by atoms with Gasteiger partial charge in [0.05, 0.1) is 18.2 Å². The molecule has 3 aromatic rings. The maximum Gasteiger partial charge on any atom is 0.343 e. The number of rotatable bonds is 4. The second-order valence-corrected chi connectivity index (χ2v) is 6.63. The Balaban J connectivity index is 1.54. The molecule has 4 rings (SSSR count). The van der Waals surface area contributed by atoms with Crippen LogP contribution >= 0.6 is 0 Å². The minimum Gasteiger partial charge on any atom is -0.497 e. The molecule has 144 valence electrons. The van der Waals surface area contributed by atoms with Gasteiger partial charge in [-0.3, -0.25) is 4.79 Å². The van der Waals surface area contributed by atoms with Crippen LogP contribution in [0, 0.1) is 6.92 Å². The summed E-state index contributed by atoms with van der Waals surface area (Å²) in [5, 5.41) is 0. The molecule has 1 aliphatic heterocycles. The quantitative estimate of drug-likeness (QED) is 0.365. The van der Waals surface area contributed by atoms with Gasteiger partial charge >= 0.3 is 5.97 Å². The lowest BCUT2D eigenvalue weighted by atomic mass is 10.1. The first-order valence-corrected chi connectivity index (χ1v) is 9.05.